The summed E-state index contributed by atoms with van der Waals surface area (Å²) in [6.07, 6.45) is -1.66. The Bertz CT molecular complexity index is 508. The van der Waals surface area contributed by atoms with Crippen LogP contribution in [0.2, 0.25) is 0 Å². The van der Waals surface area contributed by atoms with E-state index in [1.807, 2.05) is 42.5 Å². The minimum atomic E-state index is -1.13. The molecule has 2 aromatic carbocycles. The standard InChI is InChI=1S/C17H20O3/c1-2-20-17(19)16(18)12-13-8-10-15(11-9-13)14-6-4-3-5-7-14/h3-11,16-19H,2,12H2,1H3. The van der Waals surface area contributed by atoms with Crippen LogP contribution in [-0.4, -0.2) is 29.2 Å². The second-order valence-electron chi connectivity index (χ2n) is 4.68. The van der Waals surface area contributed by atoms with Crippen LogP contribution in [0.25, 0.3) is 11.1 Å². The highest BCUT2D eigenvalue weighted by Gasteiger charge is 2.16. The molecule has 0 spiro atoms. The van der Waals surface area contributed by atoms with Crippen molar-refractivity contribution in [2.45, 2.75) is 25.7 Å². The molecular weight excluding hydrogens is 252 g/mol. The molecule has 0 saturated carbocycles. The van der Waals surface area contributed by atoms with Gasteiger partial charge in [-0.2, -0.15) is 0 Å². The van der Waals surface area contributed by atoms with Gasteiger partial charge in [0.2, 0.25) is 0 Å². The number of ether oxygens (including phenoxy) is 1. The summed E-state index contributed by atoms with van der Waals surface area (Å²) in [5.74, 6) is 0. The highest BCUT2D eigenvalue weighted by atomic mass is 16.6. The van der Waals surface area contributed by atoms with Gasteiger partial charge in [-0.15, -0.1) is 0 Å². The summed E-state index contributed by atoms with van der Waals surface area (Å²) in [6, 6.07) is 18.1. The van der Waals surface area contributed by atoms with E-state index in [0.29, 0.717) is 13.0 Å². The molecule has 0 aliphatic carbocycles. The van der Waals surface area contributed by atoms with Gasteiger partial charge < -0.3 is 14.9 Å². The van der Waals surface area contributed by atoms with Crippen molar-refractivity contribution in [2.75, 3.05) is 6.61 Å². The molecular formula is C17H20O3. The number of aliphatic hydroxyl groups is 2. The van der Waals surface area contributed by atoms with Crippen LogP contribution in [0.5, 0.6) is 0 Å². The average molecular weight is 272 g/mol. The molecule has 3 heteroatoms. The number of rotatable bonds is 6. The first-order valence-corrected chi connectivity index (χ1v) is 6.83. The van der Waals surface area contributed by atoms with E-state index >= 15 is 0 Å². The fraction of sp³-hybridized carbons (Fsp3) is 0.294. The molecule has 0 amide bonds. The van der Waals surface area contributed by atoms with Crippen LogP contribution >= 0.6 is 0 Å². The van der Waals surface area contributed by atoms with Crippen molar-refractivity contribution in [2.24, 2.45) is 0 Å². The second kappa shape index (κ2) is 7.20. The smallest absolute Gasteiger partial charge is 0.181 e. The first kappa shape index (κ1) is 14.7. The first-order chi connectivity index (χ1) is 9.70. The molecule has 0 saturated heterocycles. The quantitative estimate of drug-likeness (QED) is 0.795. The van der Waals surface area contributed by atoms with Crippen molar-refractivity contribution in [3.63, 3.8) is 0 Å². The van der Waals surface area contributed by atoms with Crippen molar-refractivity contribution in [1.82, 2.24) is 0 Å². The molecule has 3 nitrogen and oxygen atoms in total. The fourth-order valence-electron chi connectivity index (χ4n) is 2.09. The summed E-state index contributed by atoms with van der Waals surface area (Å²) in [4.78, 5) is 0. The van der Waals surface area contributed by atoms with Gasteiger partial charge in [-0.05, 0) is 23.6 Å². The summed E-state index contributed by atoms with van der Waals surface area (Å²) >= 11 is 0. The third-order valence-corrected chi connectivity index (χ3v) is 3.17. The minimum absolute atomic E-state index is 0.371. The molecule has 0 heterocycles. The van der Waals surface area contributed by atoms with Gasteiger partial charge in [-0.3, -0.25) is 0 Å². The fourth-order valence-corrected chi connectivity index (χ4v) is 2.09. The maximum Gasteiger partial charge on any atom is 0.181 e. The van der Waals surface area contributed by atoms with E-state index in [1.165, 1.54) is 0 Å². The zero-order valence-electron chi connectivity index (χ0n) is 11.6. The van der Waals surface area contributed by atoms with Gasteiger partial charge >= 0.3 is 0 Å². The Morgan fingerprint density at radius 1 is 0.900 bits per heavy atom. The molecule has 0 aromatic heterocycles. The van der Waals surface area contributed by atoms with Crippen LogP contribution in [-0.2, 0) is 11.2 Å². The SMILES string of the molecule is CCOC(O)C(O)Cc1ccc(-c2ccccc2)cc1. The van der Waals surface area contributed by atoms with Crippen molar-refractivity contribution < 1.29 is 14.9 Å². The Hall–Kier alpha value is -1.68. The van der Waals surface area contributed by atoms with Gasteiger partial charge in [0.05, 0.1) is 0 Å². The van der Waals surface area contributed by atoms with E-state index in [4.69, 9.17) is 4.74 Å². The van der Waals surface area contributed by atoms with E-state index in [1.54, 1.807) is 6.92 Å². The topological polar surface area (TPSA) is 49.7 Å². The second-order valence-corrected chi connectivity index (χ2v) is 4.68. The molecule has 2 atom stereocenters. The molecule has 0 bridgehead atoms. The van der Waals surface area contributed by atoms with Gasteiger partial charge in [0.15, 0.2) is 6.29 Å². The Kier molecular flexibility index (Phi) is 5.30. The van der Waals surface area contributed by atoms with Crippen molar-refractivity contribution in [1.29, 1.82) is 0 Å². The summed E-state index contributed by atoms with van der Waals surface area (Å²) in [7, 11) is 0. The van der Waals surface area contributed by atoms with Crippen LogP contribution in [0, 0.1) is 0 Å². The van der Waals surface area contributed by atoms with Crippen molar-refractivity contribution in [3.8, 4) is 11.1 Å². The van der Waals surface area contributed by atoms with Crippen LogP contribution in [0.1, 0.15) is 12.5 Å². The van der Waals surface area contributed by atoms with E-state index in [0.717, 1.165) is 16.7 Å². The highest BCUT2D eigenvalue weighted by Crippen LogP contribution is 2.20. The van der Waals surface area contributed by atoms with Crippen molar-refractivity contribution in [3.05, 3.63) is 60.2 Å². The maximum atomic E-state index is 9.81. The Morgan fingerprint density at radius 3 is 2.10 bits per heavy atom. The molecule has 20 heavy (non-hydrogen) atoms. The third kappa shape index (κ3) is 3.90. The maximum absolute atomic E-state index is 9.81. The predicted molar refractivity (Wildman–Crippen MR) is 79.2 cm³/mol. The minimum Gasteiger partial charge on any atom is -0.387 e. The zero-order chi connectivity index (χ0) is 14.4. The van der Waals surface area contributed by atoms with Gasteiger partial charge in [0.1, 0.15) is 6.10 Å². The van der Waals surface area contributed by atoms with Crippen LogP contribution in [0.4, 0.5) is 0 Å². The monoisotopic (exact) mass is 272 g/mol. The third-order valence-electron chi connectivity index (χ3n) is 3.17. The van der Waals surface area contributed by atoms with Gasteiger partial charge in [0, 0.05) is 13.0 Å². The van der Waals surface area contributed by atoms with Crippen molar-refractivity contribution >= 4 is 0 Å². The van der Waals surface area contributed by atoms with Gasteiger partial charge in [-0.1, -0.05) is 54.6 Å². The number of hydrogen-bond donors (Lipinski definition) is 2. The van der Waals surface area contributed by atoms with E-state index < -0.39 is 12.4 Å². The average Bonchev–Trinajstić information content (AvgIpc) is 2.49. The highest BCUT2D eigenvalue weighted by molar-refractivity contribution is 5.63. The first-order valence-electron chi connectivity index (χ1n) is 6.83. The lowest BCUT2D eigenvalue weighted by atomic mass is 10.0. The number of aliphatic hydroxyl groups excluding tert-OH is 2. The Balaban J connectivity index is 2.02. The van der Waals surface area contributed by atoms with Gasteiger partial charge in [0.25, 0.3) is 0 Å². The Labute approximate surface area is 119 Å². The number of hydrogen-bond acceptors (Lipinski definition) is 3. The molecule has 0 aliphatic rings. The predicted octanol–water partition coefficient (Wildman–Crippen LogP) is 2.61. The zero-order valence-corrected chi connectivity index (χ0v) is 11.6. The lowest BCUT2D eigenvalue weighted by molar-refractivity contribution is -0.157. The summed E-state index contributed by atoms with van der Waals surface area (Å²) < 4.78 is 4.97. The molecule has 106 valence electrons. The summed E-state index contributed by atoms with van der Waals surface area (Å²) in [5.41, 5.74) is 3.26. The molecule has 2 unspecified atom stereocenters. The lowest BCUT2D eigenvalue weighted by Gasteiger charge is -2.17. The molecule has 0 radical (unpaired) electrons. The van der Waals surface area contributed by atoms with Crippen LogP contribution in [0.15, 0.2) is 54.6 Å². The number of benzene rings is 2. The molecule has 0 aliphatic heterocycles. The Morgan fingerprint density at radius 2 is 1.50 bits per heavy atom. The van der Waals surface area contributed by atoms with E-state index in [-0.39, 0.29) is 0 Å². The van der Waals surface area contributed by atoms with E-state index in [9.17, 15) is 10.2 Å². The van der Waals surface area contributed by atoms with Crippen LogP contribution < -0.4 is 0 Å². The molecule has 0 fully saturated rings. The largest absolute Gasteiger partial charge is 0.387 e. The molecule has 2 rings (SSSR count). The lowest BCUT2D eigenvalue weighted by Crippen LogP contribution is -2.30. The molecule has 2 N–H and O–H groups in total. The molecule has 2 aromatic rings. The van der Waals surface area contributed by atoms with Crippen LogP contribution in [0.3, 0.4) is 0 Å². The summed E-state index contributed by atoms with van der Waals surface area (Å²) in [5, 5.41) is 19.4. The summed E-state index contributed by atoms with van der Waals surface area (Å²) in [6.45, 7) is 2.16. The van der Waals surface area contributed by atoms with Gasteiger partial charge in [-0.25, -0.2) is 0 Å². The van der Waals surface area contributed by atoms with E-state index in [2.05, 4.69) is 12.1 Å². The normalized spacial score (nSPS) is 13.9.